The third-order valence-corrected chi connectivity index (χ3v) is 7.39. The maximum Gasteiger partial charge on any atom is 0.148 e. The van der Waals surface area contributed by atoms with Crippen molar-refractivity contribution in [3.05, 3.63) is 144 Å². The van der Waals surface area contributed by atoms with Gasteiger partial charge in [0, 0.05) is 0 Å². The Hall–Kier alpha value is -3.72. The van der Waals surface area contributed by atoms with Crippen LogP contribution in [0, 0.1) is 0 Å². The molecule has 0 fully saturated rings. The largest absolute Gasteiger partial charge is 0.411 e. The summed E-state index contributed by atoms with van der Waals surface area (Å²) in [4.78, 5) is 0. The minimum absolute atomic E-state index is 0.592. The van der Waals surface area contributed by atoms with Crippen LogP contribution in [0.15, 0.2) is 127 Å². The maximum atomic E-state index is 6.68. The van der Waals surface area contributed by atoms with Gasteiger partial charge in [-0.15, -0.1) is 0 Å². The van der Waals surface area contributed by atoms with E-state index in [1.807, 2.05) is 0 Å². The van der Waals surface area contributed by atoms with Gasteiger partial charge >= 0.3 is 0 Å². The predicted octanol–water partition coefficient (Wildman–Crippen LogP) is 6.74. The van der Waals surface area contributed by atoms with Crippen LogP contribution >= 0.6 is 0 Å². The molecule has 0 heterocycles. The minimum atomic E-state index is -0.676. The van der Waals surface area contributed by atoms with Crippen molar-refractivity contribution in [2.75, 3.05) is 0 Å². The Morgan fingerprint density at radius 3 is 1.00 bits per heavy atom. The molecule has 6 aromatic carbocycles. The molecule has 1 nitrogen and oxygen atoms in total. The van der Waals surface area contributed by atoms with E-state index in [0.717, 1.165) is 16.7 Å². The van der Waals surface area contributed by atoms with E-state index in [-0.39, 0.29) is 0 Å². The highest BCUT2D eigenvalue weighted by molar-refractivity contribution is 5.99. The lowest BCUT2D eigenvalue weighted by molar-refractivity contribution is 0.174. The van der Waals surface area contributed by atoms with Crippen LogP contribution in [-0.4, -0.2) is 10.5 Å². The molecule has 0 aliphatic rings. The molecule has 0 bridgehead atoms. The second-order valence-corrected chi connectivity index (χ2v) is 8.98. The number of hydrogen-bond donors (Lipinski definition) is 0. The highest BCUT2D eigenvalue weighted by Crippen LogP contribution is 2.42. The second-order valence-electron chi connectivity index (χ2n) is 8.57. The molecule has 0 amide bonds. The summed E-state index contributed by atoms with van der Waals surface area (Å²) in [6.45, 7) is 0. The zero-order chi connectivity index (χ0) is 22.3. The Labute approximate surface area is 196 Å². The summed E-state index contributed by atoms with van der Waals surface area (Å²) < 4.78 is 6.68. The van der Waals surface area contributed by atoms with Gasteiger partial charge in [0.2, 0.25) is 0 Å². The monoisotopic (exact) mass is 440 g/mol. The molecule has 0 N–H and O–H groups in total. The van der Waals surface area contributed by atoms with Crippen LogP contribution in [-0.2, 0) is 10.0 Å². The molecular formula is C31H24OSi. The fourth-order valence-electron chi connectivity index (χ4n) is 5.08. The molecule has 0 unspecified atom stereocenters. The first-order chi connectivity index (χ1) is 16.3. The van der Waals surface area contributed by atoms with Gasteiger partial charge < -0.3 is 4.43 Å². The minimum Gasteiger partial charge on any atom is -0.411 e. The van der Waals surface area contributed by atoms with Crippen LogP contribution in [0.3, 0.4) is 0 Å². The van der Waals surface area contributed by atoms with Crippen LogP contribution in [0.2, 0.25) is 0 Å². The highest BCUT2D eigenvalue weighted by atomic mass is 28.2. The molecule has 33 heavy (non-hydrogen) atoms. The van der Waals surface area contributed by atoms with E-state index in [2.05, 4.69) is 127 Å². The van der Waals surface area contributed by atoms with Crippen LogP contribution in [0.1, 0.15) is 16.7 Å². The van der Waals surface area contributed by atoms with Crippen molar-refractivity contribution in [1.82, 2.24) is 0 Å². The molecule has 0 aromatic heterocycles. The maximum absolute atomic E-state index is 6.68. The Bertz CT molecular complexity index is 1430. The lowest BCUT2D eigenvalue weighted by Crippen LogP contribution is -2.32. The molecule has 0 atom stereocenters. The summed E-state index contributed by atoms with van der Waals surface area (Å²) in [5, 5.41) is 7.38. The van der Waals surface area contributed by atoms with Gasteiger partial charge in [-0.1, -0.05) is 109 Å². The van der Waals surface area contributed by atoms with Gasteiger partial charge in [-0.3, -0.25) is 0 Å². The fraction of sp³-hybridized carbons (Fsp3) is 0.0323. The summed E-state index contributed by atoms with van der Waals surface area (Å²) in [6.07, 6.45) is 0. The molecule has 0 spiro atoms. The first kappa shape index (κ1) is 19.9. The first-order valence-corrected chi connectivity index (χ1v) is 12.1. The number of fused-ring (bicyclic) bond motifs is 3. The summed E-state index contributed by atoms with van der Waals surface area (Å²) in [6, 6.07) is 45.8. The Balaban J connectivity index is 1.68. The molecule has 0 aliphatic carbocycles. The van der Waals surface area contributed by atoms with E-state index in [1.54, 1.807) is 0 Å². The molecule has 0 saturated carbocycles. The van der Waals surface area contributed by atoms with E-state index < -0.39 is 5.60 Å². The summed E-state index contributed by atoms with van der Waals surface area (Å²) in [5.74, 6) is 0. The summed E-state index contributed by atoms with van der Waals surface area (Å²) in [7, 11) is 0.592. The lowest BCUT2D eigenvalue weighted by atomic mass is 9.78. The second kappa shape index (κ2) is 8.00. The van der Waals surface area contributed by atoms with E-state index in [4.69, 9.17) is 4.43 Å². The number of benzene rings is 6. The molecule has 0 radical (unpaired) electrons. The average Bonchev–Trinajstić information content (AvgIpc) is 2.89. The SMILES string of the molecule is [SiH3]OC(c1ccc2ccccc2c1)(c1ccc2ccccc2c1)c1ccc2ccccc2c1. The quantitative estimate of drug-likeness (QED) is 0.218. The normalized spacial score (nSPS) is 12.0. The molecule has 158 valence electrons. The predicted molar refractivity (Wildman–Crippen MR) is 143 cm³/mol. The third kappa shape index (κ3) is 3.27. The van der Waals surface area contributed by atoms with Crippen molar-refractivity contribution < 1.29 is 4.43 Å². The smallest absolute Gasteiger partial charge is 0.148 e. The van der Waals surface area contributed by atoms with Crippen LogP contribution in [0.4, 0.5) is 0 Å². The van der Waals surface area contributed by atoms with Crippen LogP contribution < -0.4 is 0 Å². The van der Waals surface area contributed by atoms with E-state index in [0.29, 0.717) is 10.5 Å². The van der Waals surface area contributed by atoms with Crippen molar-refractivity contribution >= 4 is 42.8 Å². The van der Waals surface area contributed by atoms with Crippen molar-refractivity contribution in [2.45, 2.75) is 5.60 Å². The fourth-order valence-corrected chi connectivity index (χ4v) is 5.79. The van der Waals surface area contributed by atoms with Gasteiger partial charge in [0.25, 0.3) is 0 Å². The highest BCUT2D eigenvalue weighted by Gasteiger charge is 2.36. The van der Waals surface area contributed by atoms with Crippen LogP contribution in [0.5, 0.6) is 0 Å². The van der Waals surface area contributed by atoms with E-state index >= 15 is 0 Å². The van der Waals surface area contributed by atoms with Gasteiger partial charge in [-0.25, -0.2) is 0 Å². The summed E-state index contributed by atoms with van der Waals surface area (Å²) >= 11 is 0. The summed E-state index contributed by atoms with van der Waals surface area (Å²) in [5.41, 5.74) is 2.79. The van der Waals surface area contributed by atoms with Gasteiger partial charge in [0.1, 0.15) is 16.1 Å². The van der Waals surface area contributed by atoms with Crippen molar-refractivity contribution in [3.8, 4) is 0 Å². The van der Waals surface area contributed by atoms with Crippen LogP contribution in [0.25, 0.3) is 32.3 Å². The zero-order valence-electron chi connectivity index (χ0n) is 18.5. The Morgan fingerprint density at radius 1 is 0.394 bits per heavy atom. The molecule has 0 saturated heterocycles. The van der Waals surface area contributed by atoms with Gasteiger partial charge in [0.05, 0.1) is 0 Å². The van der Waals surface area contributed by atoms with Crippen molar-refractivity contribution in [2.24, 2.45) is 0 Å². The Kier molecular flexibility index (Phi) is 4.83. The molecule has 2 heteroatoms. The lowest BCUT2D eigenvalue weighted by Gasteiger charge is -2.36. The molecule has 0 aliphatic heterocycles. The average molecular weight is 441 g/mol. The standard InChI is InChI=1S/C31H24OSi/c33-32-31(28-16-13-22-7-1-4-10-25(22)19-28,29-17-14-23-8-2-5-11-26(23)20-29)30-18-15-24-9-3-6-12-27(24)21-30/h1-21H,33H3. The number of hydrogen-bond acceptors (Lipinski definition) is 1. The van der Waals surface area contributed by atoms with Gasteiger partial charge in [-0.05, 0) is 67.2 Å². The van der Waals surface area contributed by atoms with Gasteiger partial charge in [0.15, 0.2) is 0 Å². The zero-order valence-corrected chi connectivity index (χ0v) is 20.5. The molecular weight excluding hydrogens is 416 g/mol. The molecule has 6 rings (SSSR count). The van der Waals surface area contributed by atoms with E-state index in [9.17, 15) is 0 Å². The topological polar surface area (TPSA) is 9.23 Å². The van der Waals surface area contributed by atoms with Crippen molar-refractivity contribution in [1.29, 1.82) is 0 Å². The number of rotatable bonds is 4. The van der Waals surface area contributed by atoms with E-state index in [1.165, 1.54) is 32.3 Å². The first-order valence-electron chi connectivity index (χ1n) is 11.3. The third-order valence-electron chi connectivity index (χ3n) is 6.77. The van der Waals surface area contributed by atoms with Gasteiger partial charge in [-0.2, -0.15) is 0 Å². The molecule has 6 aromatic rings. The Morgan fingerprint density at radius 2 is 0.697 bits per heavy atom. The van der Waals surface area contributed by atoms with Crippen molar-refractivity contribution in [3.63, 3.8) is 0 Å².